The van der Waals surface area contributed by atoms with Gasteiger partial charge in [-0.1, -0.05) is 364 Å². The number of aliphatic hydroxyl groups excluding tert-OH is 1. The molecule has 0 bridgehead atoms. The van der Waals surface area contributed by atoms with Crippen LogP contribution in [0.2, 0.25) is 0 Å². The topological polar surface area (TPSA) is 72.8 Å². The number of hydrogen-bond acceptors (Lipinski definition) is 5. The maximum atomic E-state index is 12.4. The Balaban J connectivity index is 3.38. The summed E-state index contributed by atoms with van der Waals surface area (Å²) in [5.41, 5.74) is 0. The van der Waals surface area contributed by atoms with Gasteiger partial charge in [0.05, 0.1) is 6.61 Å². The molecular formula is C72H134O5. The number of esters is 2. The van der Waals surface area contributed by atoms with E-state index in [9.17, 15) is 14.7 Å². The predicted molar refractivity (Wildman–Crippen MR) is 339 cm³/mol. The van der Waals surface area contributed by atoms with E-state index in [1.807, 2.05) is 0 Å². The summed E-state index contributed by atoms with van der Waals surface area (Å²) in [5, 5.41) is 9.70. The number of rotatable bonds is 65. The first kappa shape index (κ1) is 74.9. The second-order valence-corrected chi connectivity index (χ2v) is 23.6. The van der Waals surface area contributed by atoms with Gasteiger partial charge in [-0.25, -0.2) is 0 Å². The van der Waals surface area contributed by atoms with Crippen LogP contribution in [0.25, 0.3) is 0 Å². The van der Waals surface area contributed by atoms with Crippen molar-refractivity contribution in [1.29, 1.82) is 0 Å². The number of ether oxygens (including phenoxy) is 2. The van der Waals surface area contributed by atoms with Crippen LogP contribution in [-0.4, -0.2) is 36.4 Å². The summed E-state index contributed by atoms with van der Waals surface area (Å²) < 4.78 is 10.8. The molecule has 0 amide bonds. The number of allylic oxidation sites excluding steroid dienone is 8. The van der Waals surface area contributed by atoms with Crippen molar-refractivity contribution in [1.82, 2.24) is 0 Å². The standard InChI is InChI=1S/C72H134O5/c1-3-5-7-9-11-13-15-17-19-21-23-25-27-29-31-33-34-35-36-37-38-39-41-43-45-47-49-51-53-55-57-59-61-63-65-67-72(75)77-70(68-73)69-76-71(74)66-64-62-60-58-56-54-52-50-48-46-44-42-40-32-30-28-26-24-22-20-18-16-14-12-10-8-6-4-2/h5,7,11,13,17,19,23,25,70,73H,3-4,6,8-10,12,14-16,18,20-22,24,26-69H2,1-2H3/b7-5-,13-11-,19-17-,25-23-. The maximum Gasteiger partial charge on any atom is 0.306 e. The molecular weight excluding hydrogens is 945 g/mol. The third kappa shape index (κ3) is 66.3. The molecule has 0 heterocycles. The maximum absolute atomic E-state index is 12.4. The number of carbonyl (C=O) groups is 2. The smallest absolute Gasteiger partial charge is 0.306 e. The van der Waals surface area contributed by atoms with Crippen LogP contribution in [-0.2, 0) is 19.1 Å². The van der Waals surface area contributed by atoms with Crippen molar-refractivity contribution in [3.8, 4) is 0 Å². The lowest BCUT2D eigenvalue weighted by molar-refractivity contribution is -0.161. The molecule has 0 aromatic heterocycles. The molecule has 0 radical (unpaired) electrons. The lowest BCUT2D eigenvalue weighted by atomic mass is 10.0. The van der Waals surface area contributed by atoms with Crippen LogP contribution in [0.3, 0.4) is 0 Å². The highest BCUT2D eigenvalue weighted by atomic mass is 16.6. The molecule has 0 aromatic rings. The van der Waals surface area contributed by atoms with Crippen LogP contribution in [0.5, 0.6) is 0 Å². The van der Waals surface area contributed by atoms with Crippen LogP contribution < -0.4 is 0 Å². The zero-order chi connectivity index (χ0) is 55.5. The summed E-state index contributed by atoms with van der Waals surface area (Å²) >= 11 is 0. The molecule has 0 aliphatic rings. The summed E-state index contributed by atoms with van der Waals surface area (Å²) in [6.45, 7) is 4.09. The van der Waals surface area contributed by atoms with E-state index in [4.69, 9.17) is 9.47 Å². The van der Waals surface area contributed by atoms with Gasteiger partial charge >= 0.3 is 11.9 Å². The Morgan fingerprint density at radius 3 is 0.844 bits per heavy atom. The zero-order valence-electron chi connectivity index (χ0n) is 52.0. The molecule has 0 saturated heterocycles. The van der Waals surface area contributed by atoms with Gasteiger partial charge in [0.2, 0.25) is 0 Å². The summed E-state index contributed by atoms with van der Waals surface area (Å²) in [7, 11) is 0. The van der Waals surface area contributed by atoms with E-state index in [1.54, 1.807) is 0 Å². The molecule has 0 rings (SSSR count). The molecule has 0 aromatic carbocycles. The number of hydrogen-bond donors (Lipinski definition) is 1. The summed E-state index contributed by atoms with van der Waals surface area (Å²) in [5.74, 6) is -0.565. The van der Waals surface area contributed by atoms with Crippen molar-refractivity contribution in [2.24, 2.45) is 0 Å². The van der Waals surface area contributed by atoms with Gasteiger partial charge in [-0.2, -0.15) is 0 Å². The number of aliphatic hydroxyl groups is 1. The van der Waals surface area contributed by atoms with Crippen LogP contribution in [0.1, 0.15) is 380 Å². The SMILES string of the molecule is CC/C=C\C/C=C\C/C=C\C/C=C\CCCCCCCCCCCCCCCCCCCCCCCCC(=O)OC(CO)COC(=O)CCCCCCCCCCCCCCCCCCCCCCCCCCCCCC. The van der Waals surface area contributed by atoms with Crippen molar-refractivity contribution in [2.75, 3.05) is 13.2 Å². The van der Waals surface area contributed by atoms with E-state index < -0.39 is 6.10 Å². The highest BCUT2D eigenvalue weighted by Crippen LogP contribution is 2.19. The van der Waals surface area contributed by atoms with Crippen molar-refractivity contribution in [2.45, 2.75) is 386 Å². The Bertz CT molecular complexity index is 1270. The summed E-state index contributed by atoms with van der Waals surface area (Å²) in [6, 6.07) is 0. The van der Waals surface area contributed by atoms with Gasteiger partial charge in [-0.05, 0) is 51.4 Å². The largest absolute Gasteiger partial charge is 0.462 e. The fourth-order valence-corrected chi connectivity index (χ4v) is 10.7. The van der Waals surface area contributed by atoms with E-state index in [1.165, 1.54) is 295 Å². The second kappa shape index (κ2) is 68.1. The molecule has 0 fully saturated rings. The van der Waals surface area contributed by atoms with E-state index >= 15 is 0 Å². The Kier molecular flexibility index (Phi) is 66.2. The fraction of sp³-hybridized carbons (Fsp3) is 0.861. The van der Waals surface area contributed by atoms with Crippen molar-refractivity contribution in [3.63, 3.8) is 0 Å². The predicted octanol–water partition coefficient (Wildman–Crippen LogP) is 23.9. The summed E-state index contributed by atoms with van der Waals surface area (Å²) in [6.07, 6.45) is 91.5. The third-order valence-electron chi connectivity index (χ3n) is 15.9. The molecule has 452 valence electrons. The monoisotopic (exact) mass is 1080 g/mol. The van der Waals surface area contributed by atoms with Crippen molar-refractivity contribution in [3.05, 3.63) is 48.6 Å². The van der Waals surface area contributed by atoms with Crippen molar-refractivity contribution >= 4 is 11.9 Å². The fourth-order valence-electron chi connectivity index (χ4n) is 10.7. The zero-order valence-corrected chi connectivity index (χ0v) is 52.0. The Morgan fingerprint density at radius 2 is 0.558 bits per heavy atom. The molecule has 77 heavy (non-hydrogen) atoms. The first-order valence-electron chi connectivity index (χ1n) is 34.7. The quantitative estimate of drug-likeness (QED) is 0.0373. The molecule has 5 nitrogen and oxygen atoms in total. The first-order valence-corrected chi connectivity index (χ1v) is 34.7. The van der Waals surface area contributed by atoms with E-state index in [0.29, 0.717) is 12.8 Å². The molecule has 0 saturated carbocycles. The van der Waals surface area contributed by atoms with Gasteiger partial charge in [0.25, 0.3) is 0 Å². The average molecular weight is 1080 g/mol. The normalized spacial score (nSPS) is 12.4. The highest BCUT2D eigenvalue weighted by molar-refractivity contribution is 5.70. The van der Waals surface area contributed by atoms with Gasteiger partial charge in [-0.3, -0.25) is 9.59 Å². The highest BCUT2D eigenvalue weighted by Gasteiger charge is 2.16. The van der Waals surface area contributed by atoms with Gasteiger partial charge < -0.3 is 14.6 Å². The summed E-state index contributed by atoms with van der Waals surface area (Å²) in [4.78, 5) is 24.6. The minimum Gasteiger partial charge on any atom is -0.462 e. The molecule has 0 aliphatic carbocycles. The van der Waals surface area contributed by atoms with Gasteiger partial charge in [-0.15, -0.1) is 0 Å². The Morgan fingerprint density at radius 1 is 0.312 bits per heavy atom. The Hall–Kier alpha value is -2.14. The lowest BCUT2D eigenvalue weighted by Crippen LogP contribution is -2.28. The number of unbranched alkanes of at least 4 members (excludes halogenated alkanes) is 49. The molecule has 1 atom stereocenters. The lowest BCUT2D eigenvalue weighted by Gasteiger charge is -2.15. The van der Waals surface area contributed by atoms with Crippen LogP contribution in [0.15, 0.2) is 48.6 Å². The van der Waals surface area contributed by atoms with Gasteiger partial charge in [0.1, 0.15) is 6.61 Å². The van der Waals surface area contributed by atoms with Crippen LogP contribution in [0, 0.1) is 0 Å². The molecule has 5 heteroatoms. The minimum absolute atomic E-state index is 0.0588. The molecule has 1 N–H and O–H groups in total. The third-order valence-corrected chi connectivity index (χ3v) is 15.9. The number of carbonyl (C=O) groups excluding carboxylic acids is 2. The molecule has 0 aliphatic heterocycles. The molecule has 1 unspecified atom stereocenters. The van der Waals surface area contributed by atoms with Crippen molar-refractivity contribution < 1.29 is 24.2 Å². The van der Waals surface area contributed by atoms with E-state index in [-0.39, 0.29) is 25.2 Å². The van der Waals surface area contributed by atoms with Gasteiger partial charge in [0.15, 0.2) is 6.10 Å². The minimum atomic E-state index is -0.769. The van der Waals surface area contributed by atoms with Gasteiger partial charge in [0, 0.05) is 12.8 Å². The second-order valence-electron chi connectivity index (χ2n) is 23.6. The molecule has 0 spiro atoms. The van der Waals surface area contributed by atoms with Crippen LogP contribution in [0.4, 0.5) is 0 Å². The first-order chi connectivity index (χ1) is 38.1. The average Bonchev–Trinajstić information content (AvgIpc) is 3.43. The van der Waals surface area contributed by atoms with E-state index in [2.05, 4.69) is 62.5 Å². The van der Waals surface area contributed by atoms with E-state index in [0.717, 1.165) is 57.8 Å². The van der Waals surface area contributed by atoms with Crippen LogP contribution >= 0.6 is 0 Å². The Labute approximate surface area is 481 Å².